The van der Waals surface area contributed by atoms with Crippen molar-refractivity contribution in [1.82, 2.24) is 15.1 Å². The zero-order valence-corrected chi connectivity index (χ0v) is 12.8. The second-order valence-electron chi connectivity index (χ2n) is 4.35. The second kappa shape index (κ2) is 7.88. The van der Waals surface area contributed by atoms with Crippen LogP contribution in [0, 0.1) is 0 Å². The first kappa shape index (κ1) is 14.7. The van der Waals surface area contributed by atoms with Gasteiger partial charge in [-0.3, -0.25) is 4.68 Å². The Hall–Kier alpha value is -0.350. The number of rotatable bonds is 8. The summed E-state index contributed by atoms with van der Waals surface area (Å²) in [6.45, 7) is 8.58. The molecule has 0 spiro atoms. The Morgan fingerprint density at radius 1 is 1.35 bits per heavy atom. The minimum Gasteiger partial charge on any atom is -0.309 e. The molecule has 17 heavy (non-hydrogen) atoms. The summed E-state index contributed by atoms with van der Waals surface area (Å²) in [5, 5.41) is 8.02. The Balaban J connectivity index is 2.86. The van der Waals surface area contributed by atoms with Gasteiger partial charge < -0.3 is 5.32 Å². The molecule has 3 nitrogen and oxygen atoms in total. The van der Waals surface area contributed by atoms with Gasteiger partial charge in [0.25, 0.3) is 0 Å². The summed E-state index contributed by atoms with van der Waals surface area (Å²) in [6, 6.07) is 0.420. The number of hydrogen-bond donors (Lipinski definition) is 1. The van der Waals surface area contributed by atoms with Crippen LogP contribution in [0.1, 0.15) is 58.2 Å². The van der Waals surface area contributed by atoms with E-state index in [0.29, 0.717) is 6.04 Å². The number of halogens is 1. The molecule has 1 heterocycles. The third-order valence-electron chi connectivity index (χ3n) is 2.90. The highest BCUT2D eigenvalue weighted by Crippen LogP contribution is 2.27. The second-order valence-corrected chi connectivity index (χ2v) is 5.21. The van der Waals surface area contributed by atoms with Crippen molar-refractivity contribution in [3.05, 3.63) is 16.4 Å². The molecule has 0 aliphatic heterocycles. The third-order valence-corrected chi connectivity index (χ3v) is 3.51. The van der Waals surface area contributed by atoms with E-state index in [0.717, 1.165) is 24.0 Å². The SMILES string of the molecule is CCCCC(NCC)c1c(Br)cnn1CCC. The van der Waals surface area contributed by atoms with Crippen molar-refractivity contribution in [3.8, 4) is 0 Å². The average Bonchev–Trinajstić information content (AvgIpc) is 2.67. The molecule has 4 heteroatoms. The Morgan fingerprint density at radius 3 is 2.71 bits per heavy atom. The lowest BCUT2D eigenvalue weighted by molar-refractivity contribution is 0.444. The summed E-state index contributed by atoms with van der Waals surface area (Å²) in [4.78, 5) is 0. The number of hydrogen-bond acceptors (Lipinski definition) is 2. The summed E-state index contributed by atoms with van der Waals surface area (Å²) < 4.78 is 3.26. The van der Waals surface area contributed by atoms with Crippen molar-refractivity contribution in [2.24, 2.45) is 0 Å². The van der Waals surface area contributed by atoms with Gasteiger partial charge in [0.15, 0.2) is 0 Å². The molecule has 0 aromatic carbocycles. The summed E-state index contributed by atoms with van der Waals surface area (Å²) in [5.74, 6) is 0. The number of nitrogens with one attached hydrogen (secondary N) is 1. The highest BCUT2D eigenvalue weighted by molar-refractivity contribution is 9.10. The van der Waals surface area contributed by atoms with E-state index in [2.05, 4.69) is 51.8 Å². The molecule has 0 saturated carbocycles. The Bertz CT molecular complexity index is 322. The summed E-state index contributed by atoms with van der Waals surface area (Å²) in [5.41, 5.74) is 1.31. The topological polar surface area (TPSA) is 29.9 Å². The molecular weight excluding hydrogens is 278 g/mol. The highest BCUT2D eigenvalue weighted by atomic mass is 79.9. The predicted octanol–water partition coefficient (Wildman–Crippen LogP) is 3.90. The monoisotopic (exact) mass is 301 g/mol. The van der Waals surface area contributed by atoms with Gasteiger partial charge in [0.1, 0.15) is 0 Å². The van der Waals surface area contributed by atoms with Gasteiger partial charge in [-0.25, -0.2) is 0 Å². The van der Waals surface area contributed by atoms with E-state index in [1.54, 1.807) is 0 Å². The van der Waals surface area contributed by atoms with Crippen molar-refractivity contribution in [3.63, 3.8) is 0 Å². The van der Waals surface area contributed by atoms with Gasteiger partial charge in [-0.1, -0.05) is 33.6 Å². The predicted molar refractivity (Wildman–Crippen MR) is 76.2 cm³/mol. The van der Waals surface area contributed by atoms with Gasteiger partial charge in [-0.2, -0.15) is 5.10 Å². The molecule has 1 unspecified atom stereocenters. The molecule has 1 atom stereocenters. The van der Waals surface area contributed by atoms with Crippen LogP contribution in [0.2, 0.25) is 0 Å². The van der Waals surface area contributed by atoms with Gasteiger partial charge in [-0.05, 0) is 35.3 Å². The third kappa shape index (κ3) is 4.11. The van der Waals surface area contributed by atoms with Crippen molar-refractivity contribution in [2.45, 2.75) is 59.0 Å². The summed E-state index contributed by atoms with van der Waals surface area (Å²) in [6.07, 6.45) is 6.70. The van der Waals surface area contributed by atoms with E-state index in [4.69, 9.17) is 0 Å². The minimum absolute atomic E-state index is 0.420. The summed E-state index contributed by atoms with van der Waals surface area (Å²) >= 11 is 3.63. The quantitative estimate of drug-likeness (QED) is 0.789. The van der Waals surface area contributed by atoms with Crippen LogP contribution in [0.3, 0.4) is 0 Å². The maximum absolute atomic E-state index is 4.45. The fourth-order valence-electron chi connectivity index (χ4n) is 2.10. The van der Waals surface area contributed by atoms with Crippen molar-refractivity contribution in [1.29, 1.82) is 0 Å². The van der Waals surface area contributed by atoms with Crippen molar-refractivity contribution >= 4 is 15.9 Å². The van der Waals surface area contributed by atoms with Gasteiger partial charge in [0.2, 0.25) is 0 Å². The van der Waals surface area contributed by atoms with E-state index in [9.17, 15) is 0 Å². The molecule has 0 aliphatic carbocycles. The van der Waals surface area contributed by atoms with E-state index < -0.39 is 0 Å². The first-order valence-electron chi connectivity index (χ1n) is 6.69. The standard InChI is InChI=1S/C13H24BrN3/c1-4-7-8-12(15-6-3)13-11(14)10-16-17(13)9-5-2/h10,12,15H,4-9H2,1-3H3. The van der Waals surface area contributed by atoms with E-state index in [-0.39, 0.29) is 0 Å². The van der Waals surface area contributed by atoms with Crippen LogP contribution in [0.25, 0.3) is 0 Å². The number of unbranched alkanes of at least 4 members (excludes halogenated alkanes) is 1. The van der Waals surface area contributed by atoms with Crippen LogP contribution in [-0.2, 0) is 6.54 Å². The zero-order chi connectivity index (χ0) is 12.7. The molecule has 0 fully saturated rings. The van der Waals surface area contributed by atoms with E-state index in [1.165, 1.54) is 25.0 Å². The normalized spacial score (nSPS) is 12.9. The Kier molecular flexibility index (Phi) is 6.82. The molecule has 0 aliphatic rings. The molecule has 1 N–H and O–H groups in total. The van der Waals surface area contributed by atoms with Crippen LogP contribution in [-0.4, -0.2) is 16.3 Å². The molecule has 0 saturated heterocycles. The zero-order valence-electron chi connectivity index (χ0n) is 11.2. The molecule has 1 aromatic heterocycles. The lowest BCUT2D eigenvalue weighted by Crippen LogP contribution is -2.24. The van der Waals surface area contributed by atoms with Crippen LogP contribution in [0.4, 0.5) is 0 Å². The van der Waals surface area contributed by atoms with Crippen LogP contribution in [0.5, 0.6) is 0 Å². The molecule has 0 bridgehead atoms. The van der Waals surface area contributed by atoms with Crippen LogP contribution >= 0.6 is 15.9 Å². The van der Waals surface area contributed by atoms with Gasteiger partial charge in [0.05, 0.1) is 22.4 Å². The molecule has 0 radical (unpaired) electrons. The van der Waals surface area contributed by atoms with Gasteiger partial charge in [0, 0.05) is 6.54 Å². The number of aromatic nitrogens is 2. The van der Waals surface area contributed by atoms with Crippen molar-refractivity contribution < 1.29 is 0 Å². The Morgan fingerprint density at radius 2 is 2.12 bits per heavy atom. The maximum atomic E-state index is 4.45. The first-order chi connectivity index (χ1) is 8.24. The average molecular weight is 302 g/mol. The van der Waals surface area contributed by atoms with Crippen LogP contribution in [0.15, 0.2) is 10.7 Å². The van der Waals surface area contributed by atoms with Gasteiger partial charge >= 0.3 is 0 Å². The van der Waals surface area contributed by atoms with Gasteiger partial charge in [-0.15, -0.1) is 0 Å². The summed E-state index contributed by atoms with van der Waals surface area (Å²) in [7, 11) is 0. The largest absolute Gasteiger partial charge is 0.309 e. The number of aryl methyl sites for hydroxylation is 1. The highest BCUT2D eigenvalue weighted by Gasteiger charge is 2.18. The lowest BCUT2D eigenvalue weighted by Gasteiger charge is -2.20. The fraction of sp³-hybridized carbons (Fsp3) is 0.769. The lowest BCUT2D eigenvalue weighted by atomic mass is 10.1. The van der Waals surface area contributed by atoms with Crippen LogP contribution < -0.4 is 5.32 Å². The molecular formula is C13H24BrN3. The molecule has 1 rings (SSSR count). The van der Waals surface area contributed by atoms with E-state index in [1.807, 2.05) is 6.20 Å². The minimum atomic E-state index is 0.420. The van der Waals surface area contributed by atoms with E-state index >= 15 is 0 Å². The Labute approximate surface area is 113 Å². The first-order valence-corrected chi connectivity index (χ1v) is 7.48. The molecule has 98 valence electrons. The maximum Gasteiger partial charge on any atom is 0.0695 e. The number of nitrogens with zero attached hydrogens (tertiary/aromatic N) is 2. The fourth-order valence-corrected chi connectivity index (χ4v) is 2.67. The molecule has 1 aromatic rings. The smallest absolute Gasteiger partial charge is 0.0695 e. The van der Waals surface area contributed by atoms with Crippen molar-refractivity contribution in [2.75, 3.05) is 6.54 Å². The molecule has 0 amide bonds.